The molecule has 0 aliphatic carbocycles. The zero-order valence-electron chi connectivity index (χ0n) is 14.2. The highest BCUT2D eigenvalue weighted by molar-refractivity contribution is 5.90. The number of halogens is 3. The van der Waals surface area contributed by atoms with Crippen LogP contribution in [0, 0.1) is 0 Å². The molecule has 6 nitrogen and oxygen atoms in total. The molecule has 0 saturated heterocycles. The summed E-state index contributed by atoms with van der Waals surface area (Å²) < 4.78 is 43.4. The van der Waals surface area contributed by atoms with Gasteiger partial charge >= 0.3 is 6.36 Å². The Labute approximate surface area is 152 Å². The Hall–Kier alpha value is -3.36. The van der Waals surface area contributed by atoms with Crippen molar-refractivity contribution in [3.63, 3.8) is 0 Å². The minimum absolute atomic E-state index is 0.00283. The Morgan fingerprint density at radius 3 is 2.70 bits per heavy atom. The van der Waals surface area contributed by atoms with Crippen molar-refractivity contribution in [2.75, 3.05) is 6.54 Å². The van der Waals surface area contributed by atoms with E-state index in [0.29, 0.717) is 17.8 Å². The monoisotopic (exact) mass is 376 g/mol. The molecular weight excluding hydrogens is 361 g/mol. The number of nitrogens with one attached hydrogen (secondary N) is 1. The number of rotatable bonds is 5. The molecule has 0 saturated carbocycles. The topological polar surface area (TPSA) is 69.0 Å². The number of nitrogens with zero attached hydrogens (tertiary/aromatic N) is 3. The van der Waals surface area contributed by atoms with Crippen LogP contribution in [0.2, 0.25) is 0 Å². The first-order chi connectivity index (χ1) is 12.9. The van der Waals surface area contributed by atoms with Gasteiger partial charge in [0.05, 0.1) is 5.69 Å². The van der Waals surface area contributed by atoms with Gasteiger partial charge in [0.25, 0.3) is 5.91 Å². The molecule has 0 unspecified atom stereocenters. The number of hydrogen-bond donors (Lipinski definition) is 1. The lowest BCUT2D eigenvalue weighted by molar-refractivity contribution is -0.274. The van der Waals surface area contributed by atoms with Crippen molar-refractivity contribution in [3.8, 4) is 22.6 Å². The van der Waals surface area contributed by atoms with E-state index in [2.05, 4.69) is 20.1 Å². The molecule has 0 aliphatic rings. The summed E-state index contributed by atoms with van der Waals surface area (Å²) in [5.74, 6) is -0.705. The summed E-state index contributed by atoms with van der Waals surface area (Å²) in [7, 11) is 0. The first-order valence-electron chi connectivity index (χ1n) is 8.03. The molecule has 0 fully saturated rings. The zero-order chi connectivity index (χ0) is 19.4. The van der Waals surface area contributed by atoms with E-state index in [0.717, 1.165) is 0 Å². The predicted molar refractivity (Wildman–Crippen MR) is 91.5 cm³/mol. The zero-order valence-corrected chi connectivity index (χ0v) is 14.2. The molecule has 0 atom stereocenters. The van der Waals surface area contributed by atoms with Gasteiger partial charge in [-0.2, -0.15) is 0 Å². The summed E-state index contributed by atoms with van der Waals surface area (Å²) >= 11 is 0. The SMILES string of the molecule is CCNC(=O)c1ncn(-c2cccc(-c3ccccc3OC(F)(F)F)c2)n1. The number of amides is 1. The van der Waals surface area contributed by atoms with Gasteiger partial charge in [-0.05, 0) is 30.7 Å². The molecule has 1 heterocycles. The predicted octanol–water partition coefficient (Wildman–Crippen LogP) is 3.58. The first-order valence-corrected chi connectivity index (χ1v) is 8.03. The summed E-state index contributed by atoms with van der Waals surface area (Å²) in [4.78, 5) is 15.7. The van der Waals surface area contributed by atoms with E-state index in [4.69, 9.17) is 0 Å². The van der Waals surface area contributed by atoms with Crippen LogP contribution in [-0.4, -0.2) is 33.6 Å². The largest absolute Gasteiger partial charge is 0.573 e. The van der Waals surface area contributed by atoms with Crippen molar-refractivity contribution < 1.29 is 22.7 Å². The lowest BCUT2D eigenvalue weighted by atomic mass is 10.0. The molecule has 0 spiro atoms. The summed E-state index contributed by atoms with van der Waals surface area (Å²) in [5.41, 5.74) is 1.32. The average molecular weight is 376 g/mol. The van der Waals surface area contributed by atoms with Crippen LogP contribution >= 0.6 is 0 Å². The lowest BCUT2D eigenvalue weighted by Gasteiger charge is -2.13. The molecule has 3 rings (SSSR count). The molecule has 2 aromatic carbocycles. The van der Waals surface area contributed by atoms with E-state index in [1.165, 1.54) is 29.2 Å². The second-order valence-corrected chi connectivity index (χ2v) is 5.47. The molecule has 1 N–H and O–H groups in total. The van der Waals surface area contributed by atoms with E-state index in [9.17, 15) is 18.0 Å². The van der Waals surface area contributed by atoms with Crippen molar-refractivity contribution in [3.05, 3.63) is 60.7 Å². The fraction of sp³-hybridized carbons (Fsp3) is 0.167. The van der Waals surface area contributed by atoms with Gasteiger partial charge in [-0.15, -0.1) is 18.3 Å². The van der Waals surface area contributed by atoms with Gasteiger partial charge in [0.2, 0.25) is 5.82 Å². The van der Waals surface area contributed by atoms with Gasteiger partial charge in [0, 0.05) is 12.1 Å². The third-order valence-corrected chi connectivity index (χ3v) is 3.57. The third-order valence-electron chi connectivity index (χ3n) is 3.57. The van der Waals surface area contributed by atoms with E-state index < -0.39 is 12.3 Å². The summed E-state index contributed by atoms with van der Waals surface area (Å²) in [5, 5.41) is 6.69. The third kappa shape index (κ3) is 4.43. The average Bonchev–Trinajstić information content (AvgIpc) is 3.11. The van der Waals surface area contributed by atoms with Crippen LogP contribution in [0.1, 0.15) is 17.5 Å². The van der Waals surface area contributed by atoms with Crippen molar-refractivity contribution in [1.29, 1.82) is 0 Å². The molecule has 1 amide bonds. The van der Waals surface area contributed by atoms with Gasteiger partial charge in [-0.1, -0.05) is 30.3 Å². The Kier molecular flexibility index (Phi) is 5.11. The maximum absolute atomic E-state index is 12.6. The highest BCUT2D eigenvalue weighted by Gasteiger charge is 2.32. The normalized spacial score (nSPS) is 11.3. The molecule has 0 radical (unpaired) electrons. The van der Waals surface area contributed by atoms with Crippen molar-refractivity contribution in [1.82, 2.24) is 20.1 Å². The maximum atomic E-state index is 12.6. The molecule has 0 bridgehead atoms. The Balaban J connectivity index is 1.95. The molecular formula is C18H15F3N4O2. The number of carbonyl (C=O) groups excluding carboxylic acids is 1. The van der Waals surface area contributed by atoms with E-state index >= 15 is 0 Å². The molecule has 3 aromatic rings. The summed E-state index contributed by atoms with van der Waals surface area (Å²) in [6, 6.07) is 12.5. The van der Waals surface area contributed by atoms with Crippen LogP contribution in [0.3, 0.4) is 0 Å². The lowest BCUT2D eigenvalue weighted by Crippen LogP contribution is -2.24. The first kappa shape index (κ1) is 18.4. The summed E-state index contributed by atoms with van der Waals surface area (Å²) in [6.45, 7) is 2.22. The second-order valence-electron chi connectivity index (χ2n) is 5.47. The maximum Gasteiger partial charge on any atom is 0.573 e. The van der Waals surface area contributed by atoms with Crippen LogP contribution in [0.4, 0.5) is 13.2 Å². The van der Waals surface area contributed by atoms with Gasteiger partial charge < -0.3 is 10.1 Å². The number of ether oxygens (including phenoxy) is 1. The number of carbonyl (C=O) groups is 1. The Bertz CT molecular complexity index is 954. The fourth-order valence-corrected chi connectivity index (χ4v) is 2.47. The minimum Gasteiger partial charge on any atom is -0.405 e. The highest BCUT2D eigenvalue weighted by Crippen LogP contribution is 2.34. The fourth-order valence-electron chi connectivity index (χ4n) is 2.47. The number of para-hydroxylation sites is 1. The Morgan fingerprint density at radius 1 is 1.19 bits per heavy atom. The second kappa shape index (κ2) is 7.48. The number of aromatic nitrogens is 3. The van der Waals surface area contributed by atoms with Crippen molar-refractivity contribution in [2.24, 2.45) is 0 Å². The smallest absolute Gasteiger partial charge is 0.405 e. The number of benzene rings is 2. The number of alkyl halides is 3. The van der Waals surface area contributed by atoms with E-state index in [1.807, 2.05) is 0 Å². The summed E-state index contributed by atoms with van der Waals surface area (Å²) in [6.07, 6.45) is -3.43. The molecule has 140 valence electrons. The van der Waals surface area contributed by atoms with Crippen LogP contribution in [0.5, 0.6) is 5.75 Å². The quantitative estimate of drug-likeness (QED) is 0.739. The van der Waals surface area contributed by atoms with E-state index in [-0.39, 0.29) is 17.1 Å². The minimum atomic E-state index is -4.79. The van der Waals surface area contributed by atoms with Gasteiger partial charge in [-0.3, -0.25) is 4.79 Å². The van der Waals surface area contributed by atoms with Crippen LogP contribution in [0.25, 0.3) is 16.8 Å². The van der Waals surface area contributed by atoms with Gasteiger partial charge in [0.1, 0.15) is 12.1 Å². The molecule has 0 aliphatic heterocycles. The van der Waals surface area contributed by atoms with E-state index in [1.54, 1.807) is 37.3 Å². The van der Waals surface area contributed by atoms with Gasteiger partial charge in [0.15, 0.2) is 0 Å². The van der Waals surface area contributed by atoms with Crippen LogP contribution in [-0.2, 0) is 0 Å². The van der Waals surface area contributed by atoms with Gasteiger partial charge in [-0.25, -0.2) is 9.67 Å². The molecule has 9 heteroatoms. The van der Waals surface area contributed by atoms with Crippen molar-refractivity contribution >= 4 is 5.91 Å². The highest BCUT2D eigenvalue weighted by atomic mass is 19.4. The van der Waals surface area contributed by atoms with Crippen molar-refractivity contribution in [2.45, 2.75) is 13.3 Å². The standard InChI is InChI=1S/C18H15F3N4O2/c1-2-22-17(26)16-23-11-25(24-16)13-7-5-6-12(10-13)14-8-3-4-9-15(14)27-18(19,20)21/h3-11H,2H2,1H3,(H,22,26). The van der Waals surface area contributed by atoms with Crippen LogP contribution in [0.15, 0.2) is 54.9 Å². The Morgan fingerprint density at radius 2 is 1.96 bits per heavy atom. The van der Waals surface area contributed by atoms with Crippen LogP contribution < -0.4 is 10.1 Å². The molecule has 1 aromatic heterocycles. The number of hydrogen-bond acceptors (Lipinski definition) is 4. The molecule has 27 heavy (non-hydrogen) atoms.